The molecule has 0 saturated carbocycles. The normalized spacial score (nSPS) is 29.5. The summed E-state index contributed by atoms with van der Waals surface area (Å²) in [6.07, 6.45) is -5.91. The molecule has 3 unspecified atom stereocenters. The van der Waals surface area contributed by atoms with E-state index in [9.17, 15) is 38.7 Å². The van der Waals surface area contributed by atoms with Gasteiger partial charge in [0.25, 0.3) is 5.56 Å². The summed E-state index contributed by atoms with van der Waals surface area (Å²) in [5.41, 5.74) is -1.61. The van der Waals surface area contributed by atoms with Gasteiger partial charge in [-0.05, 0) is 13.8 Å². The molecule has 1 aliphatic rings. The summed E-state index contributed by atoms with van der Waals surface area (Å²) in [4.78, 5) is 43.7. The highest BCUT2D eigenvalue weighted by Crippen LogP contribution is 2.61. The van der Waals surface area contributed by atoms with Gasteiger partial charge < -0.3 is 24.7 Å². The van der Waals surface area contributed by atoms with E-state index in [0.29, 0.717) is 0 Å². The van der Waals surface area contributed by atoms with Crippen molar-refractivity contribution in [3.05, 3.63) is 33.1 Å². The first-order valence-corrected chi connectivity index (χ1v) is 10.8. The lowest BCUT2D eigenvalue weighted by Gasteiger charge is -2.20. The van der Waals surface area contributed by atoms with Crippen molar-refractivity contribution in [1.29, 1.82) is 0 Å². The van der Waals surface area contributed by atoms with Crippen LogP contribution in [0.25, 0.3) is 0 Å². The molecular weight excluding hydrogens is 426 g/mol. The van der Waals surface area contributed by atoms with Crippen LogP contribution in [0.5, 0.6) is 0 Å². The number of nitrogens with one attached hydrogen (secondary N) is 1. The zero-order chi connectivity index (χ0) is 21.3. The molecule has 6 atom stereocenters. The number of phosphoric ester groups is 2. The van der Waals surface area contributed by atoms with E-state index < -0.39 is 64.1 Å². The molecule has 0 aliphatic carbocycles. The highest BCUT2D eigenvalue weighted by atomic mass is 31.3. The van der Waals surface area contributed by atoms with Gasteiger partial charge in [0.2, 0.25) is 0 Å². The lowest BCUT2D eigenvalue weighted by atomic mass is 10.1. The van der Waals surface area contributed by atoms with Gasteiger partial charge in [-0.1, -0.05) is 0 Å². The SMILES string of the molecule is CC(C)OP(=O)(O)OP(=O)(O)OC[C@H]1O[C@@H](n2ccc(=O)[nH]c2=O)C(O)[C@H]1O. The van der Waals surface area contributed by atoms with Crippen molar-refractivity contribution in [2.75, 3.05) is 6.61 Å². The Morgan fingerprint density at radius 3 is 2.43 bits per heavy atom. The first-order valence-electron chi connectivity index (χ1n) is 7.84. The van der Waals surface area contributed by atoms with Crippen LogP contribution in [0, 0.1) is 0 Å². The van der Waals surface area contributed by atoms with Crippen molar-refractivity contribution >= 4 is 15.6 Å². The molecule has 2 rings (SSSR count). The minimum atomic E-state index is -5.10. The standard InChI is InChI=1S/C12H20N2O12P2/c1-6(2)25-28(21,22)26-27(19,20)23-5-7-9(16)10(17)11(24-7)14-4-3-8(15)13-12(14)18/h3-4,6-7,9-11,16-17H,5H2,1-2H3,(H,19,20)(H,21,22)(H,13,15,18)/t7-,9+,10?,11-/m1/s1. The summed E-state index contributed by atoms with van der Waals surface area (Å²) in [6, 6.07) is 0.983. The number of H-pyrrole nitrogens is 1. The van der Waals surface area contributed by atoms with Gasteiger partial charge in [-0.15, -0.1) is 0 Å². The number of hydrogen-bond donors (Lipinski definition) is 5. The topological polar surface area (TPSA) is 207 Å². The summed E-state index contributed by atoms with van der Waals surface area (Å²) in [6.45, 7) is 1.93. The molecule has 5 N–H and O–H groups in total. The average molecular weight is 446 g/mol. The number of rotatable bonds is 8. The molecular formula is C12H20N2O12P2. The number of aliphatic hydroxyl groups excluding tert-OH is 2. The molecule has 1 aliphatic heterocycles. The second-order valence-electron chi connectivity index (χ2n) is 6.03. The van der Waals surface area contributed by atoms with E-state index in [4.69, 9.17) is 4.74 Å². The second-order valence-corrected chi connectivity index (χ2v) is 9.03. The molecule has 28 heavy (non-hydrogen) atoms. The Bertz CT molecular complexity index is 897. The molecule has 160 valence electrons. The van der Waals surface area contributed by atoms with Crippen molar-refractivity contribution in [2.24, 2.45) is 0 Å². The van der Waals surface area contributed by atoms with E-state index in [1.54, 1.807) is 0 Å². The Balaban J connectivity index is 2.05. The average Bonchev–Trinajstić information content (AvgIpc) is 2.79. The lowest BCUT2D eigenvalue weighted by molar-refractivity contribution is -0.0543. The molecule has 0 spiro atoms. The smallest absolute Gasteiger partial charge is 0.387 e. The van der Waals surface area contributed by atoms with Gasteiger partial charge in [-0.25, -0.2) is 13.9 Å². The van der Waals surface area contributed by atoms with Crippen LogP contribution in [0.15, 0.2) is 21.9 Å². The largest absolute Gasteiger partial charge is 0.481 e. The van der Waals surface area contributed by atoms with Crippen LogP contribution in [-0.2, 0) is 27.2 Å². The van der Waals surface area contributed by atoms with Gasteiger partial charge in [0.05, 0.1) is 12.7 Å². The summed E-state index contributed by atoms with van der Waals surface area (Å²) in [5, 5.41) is 20.0. The highest BCUT2D eigenvalue weighted by molar-refractivity contribution is 7.61. The van der Waals surface area contributed by atoms with Crippen molar-refractivity contribution in [2.45, 2.75) is 44.5 Å². The fourth-order valence-corrected chi connectivity index (χ4v) is 4.59. The summed E-state index contributed by atoms with van der Waals surface area (Å²) in [7, 11) is -10.0. The zero-order valence-electron chi connectivity index (χ0n) is 14.6. The molecule has 0 bridgehead atoms. The number of hydrogen-bond acceptors (Lipinski definition) is 10. The Labute approximate surface area is 157 Å². The quantitative estimate of drug-likeness (QED) is 0.299. The summed E-state index contributed by atoms with van der Waals surface area (Å²) >= 11 is 0. The molecule has 16 heteroatoms. The van der Waals surface area contributed by atoms with E-state index in [2.05, 4.69) is 13.4 Å². The molecule has 0 aromatic carbocycles. The van der Waals surface area contributed by atoms with Crippen molar-refractivity contribution < 1.29 is 47.2 Å². The maximum Gasteiger partial charge on any atom is 0.481 e. The van der Waals surface area contributed by atoms with Crippen LogP contribution in [0.3, 0.4) is 0 Å². The molecule has 1 aromatic heterocycles. The monoisotopic (exact) mass is 446 g/mol. The molecule has 2 heterocycles. The highest BCUT2D eigenvalue weighted by Gasteiger charge is 2.46. The van der Waals surface area contributed by atoms with Crippen molar-refractivity contribution in [3.63, 3.8) is 0 Å². The van der Waals surface area contributed by atoms with Gasteiger partial charge in [-0.3, -0.25) is 23.4 Å². The zero-order valence-corrected chi connectivity index (χ0v) is 16.4. The molecule has 1 aromatic rings. The molecule has 14 nitrogen and oxygen atoms in total. The van der Waals surface area contributed by atoms with E-state index in [1.807, 2.05) is 4.98 Å². The van der Waals surface area contributed by atoms with Crippen LogP contribution >= 0.6 is 15.6 Å². The summed E-state index contributed by atoms with van der Waals surface area (Å²) < 4.78 is 42.5. The first-order chi connectivity index (χ1) is 12.8. The number of aromatic nitrogens is 2. The number of nitrogens with zero attached hydrogens (tertiary/aromatic N) is 1. The van der Waals surface area contributed by atoms with Crippen molar-refractivity contribution in [3.8, 4) is 0 Å². The second kappa shape index (κ2) is 8.67. The predicted molar refractivity (Wildman–Crippen MR) is 90.2 cm³/mol. The van der Waals surface area contributed by atoms with E-state index >= 15 is 0 Å². The van der Waals surface area contributed by atoms with Crippen molar-refractivity contribution in [1.82, 2.24) is 9.55 Å². The Hall–Kier alpha value is -1.18. The number of ether oxygens (including phenoxy) is 1. The number of phosphoric acid groups is 2. The first kappa shape index (κ1) is 23.1. The van der Waals surface area contributed by atoms with Crippen LogP contribution < -0.4 is 11.2 Å². The third kappa shape index (κ3) is 5.91. The molecule has 0 radical (unpaired) electrons. The lowest BCUT2D eigenvalue weighted by Crippen LogP contribution is -2.37. The van der Waals surface area contributed by atoms with Crippen LogP contribution in [-0.4, -0.2) is 60.6 Å². The maximum absolute atomic E-state index is 11.8. The van der Waals surface area contributed by atoms with Gasteiger partial charge in [0.1, 0.15) is 18.3 Å². The third-order valence-electron chi connectivity index (χ3n) is 3.41. The van der Waals surface area contributed by atoms with Gasteiger partial charge in [0, 0.05) is 12.3 Å². The molecule has 1 saturated heterocycles. The van der Waals surface area contributed by atoms with Gasteiger partial charge in [0.15, 0.2) is 6.23 Å². The van der Waals surface area contributed by atoms with Crippen LogP contribution in [0.2, 0.25) is 0 Å². The maximum atomic E-state index is 11.8. The molecule has 1 fully saturated rings. The van der Waals surface area contributed by atoms with Gasteiger partial charge >= 0.3 is 21.3 Å². The minimum Gasteiger partial charge on any atom is -0.387 e. The molecule has 0 amide bonds. The summed E-state index contributed by atoms with van der Waals surface area (Å²) in [5.74, 6) is 0. The van der Waals surface area contributed by atoms with Crippen LogP contribution in [0.1, 0.15) is 20.1 Å². The third-order valence-corrected chi connectivity index (χ3v) is 6.23. The Morgan fingerprint density at radius 1 is 1.21 bits per heavy atom. The fraction of sp³-hybridized carbons (Fsp3) is 0.667. The van der Waals surface area contributed by atoms with E-state index in [1.165, 1.54) is 13.8 Å². The Morgan fingerprint density at radius 2 is 1.86 bits per heavy atom. The number of aliphatic hydroxyl groups is 2. The predicted octanol–water partition coefficient (Wildman–Crippen LogP) is -1.19. The fourth-order valence-electron chi connectivity index (χ4n) is 2.33. The van der Waals surface area contributed by atoms with Crippen LogP contribution in [0.4, 0.5) is 0 Å². The Kier molecular flexibility index (Phi) is 7.16. The van der Waals surface area contributed by atoms with E-state index in [-0.39, 0.29) is 0 Å². The van der Waals surface area contributed by atoms with E-state index in [0.717, 1.165) is 16.8 Å². The minimum absolute atomic E-state index is 0.690. The number of aromatic amines is 1. The van der Waals surface area contributed by atoms with Gasteiger partial charge in [-0.2, -0.15) is 4.31 Å².